The van der Waals surface area contributed by atoms with E-state index in [1.54, 1.807) is 97.1 Å². The molecule has 58 heavy (non-hydrogen) atoms. The maximum atomic E-state index is 13.5. The SMILES string of the molecule is O=C1c2ccc(cc2)Oc2ccc(c(-c3ccc(Cl)cc3)c2)Oc2ccc(cc2)C(=O)c2ccc(cc2)Oc2ccc(c(-c3ccc(Cl)cc3)c2)Oc2ccc1cc2. The summed E-state index contributed by atoms with van der Waals surface area (Å²) in [6, 6.07) is 54.0. The molecule has 0 spiro atoms. The summed E-state index contributed by atoms with van der Waals surface area (Å²) >= 11 is 12.4. The molecular weight excluding hydrogens is 767 g/mol. The van der Waals surface area contributed by atoms with Gasteiger partial charge in [-0.2, -0.15) is 0 Å². The number of ether oxygens (including phenoxy) is 4. The molecule has 0 N–H and O–H groups in total. The van der Waals surface area contributed by atoms with Gasteiger partial charge in [-0.3, -0.25) is 9.59 Å². The average Bonchev–Trinajstić information content (AvgIpc) is 3.26. The summed E-state index contributed by atoms with van der Waals surface area (Å²) in [5.74, 6) is 4.22. The summed E-state index contributed by atoms with van der Waals surface area (Å²) < 4.78 is 25.3. The Morgan fingerprint density at radius 1 is 0.276 bits per heavy atom. The van der Waals surface area contributed by atoms with Crippen molar-refractivity contribution in [3.05, 3.63) is 214 Å². The third kappa shape index (κ3) is 7.93. The molecule has 0 radical (unpaired) electrons. The summed E-state index contributed by atoms with van der Waals surface area (Å²) in [5, 5.41) is 1.22. The highest BCUT2D eigenvalue weighted by atomic mass is 35.5. The fourth-order valence-corrected chi connectivity index (χ4v) is 6.84. The van der Waals surface area contributed by atoms with Gasteiger partial charge in [-0.05, 0) is 169 Å². The molecule has 10 aliphatic heterocycles. The molecule has 0 saturated heterocycles. The number of benzene rings is 8. The first-order valence-corrected chi connectivity index (χ1v) is 19.1. The number of carbonyl (C=O) groups is 2. The molecule has 10 heterocycles. The molecule has 0 unspecified atom stereocenters. The zero-order valence-corrected chi connectivity index (χ0v) is 32.0. The van der Waals surface area contributed by atoms with Crippen LogP contribution in [0.4, 0.5) is 0 Å². The molecule has 0 fully saturated rings. The quantitative estimate of drug-likeness (QED) is 0.173. The summed E-state index contributed by atoms with van der Waals surface area (Å²) in [4.78, 5) is 27.1. The van der Waals surface area contributed by atoms with Crippen LogP contribution in [0.1, 0.15) is 31.8 Å². The van der Waals surface area contributed by atoms with Gasteiger partial charge in [0.2, 0.25) is 0 Å². The highest BCUT2D eigenvalue weighted by Crippen LogP contribution is 2.40. The van der Waals surface area contributed by atoms with Crippen molar-refractivity contribution in [2.75, 3.05) is 0 Å². The van der Waals surface area contributed by atoms with Gasteiger partial charge in [-0.25, -0.2) is 0 Å². The normalized spacial score (nSPS) is 12.2. The fraction of sp³-hybridized carbons (Fsp3) is 0. The summed E-state index contributed by atoms with van der Waals surface area (Å²) in [6.07, 6.45) is 0. The number of rotatable bonds is 2. The van der Waals surface area contributed by atoms with Gasteiger partial charge in [0.15, 0.2) is 11.6 Å². The van der Waals surface area contributed by atoms with Gasteiger partial charge in [0.25, 0.3) is 0 Å². The maximum Gasteiger partial charge on any atom is 0.193 e. The fourth-order valence-electron chi connectivity index (χ4n) is 6.59. The molecule has 18 rings (SSSR count). The average molecular weight is 798 g/mol. The predicted molar refractivity (Wildman–Crippen MR) is 227 cm³/mol. The standard InChI is InChI=1S/C50H30Cl2O6/c51-37-13-1-31(2-14-37)45-29-43-25-27-47(45)57-41-21-9-35(10-22-41)49(53)34-7-19-40(20-8-34)56-44-26-28-48(46(30-44)32-3-15-38(52)16-4-32)58-42-23-11-36(12-24-42)50(54)33-5-17-39(55-43)18-6-33/h1-30H. The number of halogens is 2. The molecule has 0 saturated carbocycles. The Morgan fingerprint density at radius 2 is 0.534 bits per heavy atom. The van der Waals surface area contributed by atoms with Crippen LogP contribution in [0, 0.1) is 0 Å². The van der Waals surface area contributed by atoms with E-state index in [0.717, 1.165) is 22.3 Å². The number of hydrogen-bond donors (Lipinski definition) is 0. The predicted octanol–water partition coefficient (Wildman–Crippen LogP) is 14.3. The van der Waals surface area contributed by atoms with Crippen LogP contribution in [0.2, 0.25) is 10.0 Å². The lowest BCUT2D eigenvalue weighted by molar-refractivity contribution is 0.103. The molecule has 280 valence electrons. The Balaban J connectivity index is 1.08. The second-order valence-electron chi connectivity index (χ2n) is 13.5. The lowest BCUT2D eigenvalue weighted by Crippen LogP contribution is -2.01. The monoisotopic (exact) mass is 796 g/mol. The van der Waals surface area contributed by atoms with E-state index < -0.39 is 0 Å². The third-order valence-corrected chi connectivity index (χ3v) is 10.1. The molecule has 0 aliphatic carbocycles. The Hall–Kier alpha value is -7.12. The lowest BCUT2D eigenvalue weighted by atomic mass is 10.0. The molecule has 0 amide bonds. The van der Waals surface area contributed by atoms with Gasteiger partial charge in [0, 0.05) is 43.4 Å². The van der Waals surface area contributed by atoms with Gasteiger partial charge in [-0.15, -0.1) is 0 Å². The van der Waals surface area contributed by atoms with E-state index in [0.29, 0.717) is 78.3 Å². The summed E-state index contributed by atoms with van der Waals surface area (Å²) in [6.45, 7) is 0. The van der Waals surface area contributed by atoms with E-state index in [1.165, 1.54) is 0 Å². The molecule has 8 aromatic rings. The van der Waals surface area contributed by atoms with Crippen molar-refractivity contribution >= 4 is 34.8 Å². The minimum atomic E-state index is -0.141. The zero-order chi connectivity index (χ0) is 39.6. The minimum Gasteiger partial charge on any atom is -0.457 e. The van der Waals surface area contributed by atoms with E-state index in [-0.39, 0.29) is 11.6 Å². The molecule has 6 nitrogen and oxygen atoms in total. The number of ketones is 2. The van der Waals surface area contributed by atoms with Crippen molar-refractivity contribution in [1.82, 2.24) is 0 Å². The first-order valence-electron chi connectivity index (χ1n) is 18.3. The van der Waals surface area contributed by atoms with Crippen LogP contribution in [-0.2, 0) is 0 Å². The summed E-state index contributed by atoms with van der Waals surface area (Å²) in [5.41, 5.74) is 5.31. The van der Waals surface area contributed by atoms with Crippen LogP contribution in [0.5, 0.6) is 46.0 Å². The third-order valence-electron chi connectivity index (χ3n) is 9.61. The van der Waals surface area contributed by atoms with Gasteiger partial charge in [0.05, 0.1) is 0 Å². The van der Waals surface area contributed by atoms with Crippen LogP contribution in [-0.4, -0.2) is 11.6 Å². The van der Waals surface area contributed by atoms with Crippen molar-refractivity contribution in [2.24, 2.45) is 0 Å². The highest BCUT2D eigenvalue weighted by Gasteiger charge is 2.16. The van der Waals surface area contributed by atoms with Crippen LogP contribution >= 0.6 is 23.2 Å². The first kappa shape index (κ1) is 36.5. The Morgan fingerprint density at radius 3 is 0.845 bits per heavy atom. The van der Waals surface area contributed by atoms with Gasteiger partial charge in [-0.1, -0.05) is 47.5 Å². The van der Waals surface area contributed by atoms with Crippen molar-refractivity contribution in [3.63, 3.8) is 0 Å². The van der Waals surface area contributed by atoms with Crippen molar-refractivity contribution in [3.8, 4) is 68.2 Å². The van der Waals surface area contributed by atoms with E-state index in [1.807, 2.05) is 84.9 Å². The largest absolute Gasteiger partial charge is 0.457 e. The second-order valence-corrected chi connectivity index (χ2v) is 14.4. The number of hydrogen-bond acceptors (Lipinski definition) is 6. The van der Waals surface area contributed by atoms with Crippen LogP contribution in [0.3, 0.4) is 0 Å². The van der Waals surface area contributed by atoms with Crippen molar-refractivity contribution < 1.29 is 28.5 Å². The van der Waals surface area contributed by atoms with Crippen molar-refractivity contribution in [1.29, 1.82) is 0 Å². The zero-order valence-electron chi connectivity index (χ0n) is 30.5. The van der Waals surface area contributed by atoms with Crippen LogP contribution in [0.25, 0.3) is 22.3 Å². The van der Waals surface area contributed by atoms with Gasteiger partial charge < -0.3 is 18.9 Å². The topological polar surface area (TPSA) is 71.1 Å². The van der Waals surface area contributed by atoms with E-state index in [4.69, 9.17) is 42.1 Å². The Kier molecular flexibility index (Phi) is 9.94. The first-order chi connectivity index (χ1) is 28.3. The molecule has 8 heteroatoms. The van der Waals surface area contributed by atoms with Crippen LogP contribution in [0.15, 0.2) is 182 Å². The number of carbonyl (C=O) groups excluding carboxylic acids is 2. The molecule has 10 aliphatic rings. The van der Waals surface area contributed by atoms with E-state index in [9.17, 15) is 9.59 Å². The van der Waals surface area contributed by atoms with E-state index >= 15 is 0 Å². The molecule has 0 atom stereocenters. The highest BCUT2D eigenvalue weighted by molar-refractivity contribution is 6.31. The van der Waals surface area contributed by atoms with Crippen molar-refractivity contribution in [2.45, 2.75) is 0 Å². The molecular formula is C50H30Cl2O6. The molecule has 0 aromatic heterocycles. The Labute approximate surface area is 344 Å². The molecule has 8 aromatic carbocycles. The van der Waals surface area contributed by atoms with E-state index in [2.05, 4.69) is 0 Å². The maximum absolute atomic E-state index is 13.5. The van der Waals surface area contributed by atoms with Gasteiger partial charge in [0.1, 0.15) is 46.0 Å². The van der Waals surface area contributed by atoms with Crippen LogP contribution < -0.4 is 18.9 Å². The minimum absolute atomic E-state index is 0.141. The molecule has 12 bridgehead atoms. The Bertz CT molecular complexity index is 2590. The smallest absolute Gasteiger partial charge is 0.193 e. The second kappa shape index (κ2) is 15.8. The summed E-state index contributed by atoms with van der Waals surface area (Å²) in [7, 11) is 0. The van der Waals surface area contributed by atoms with Gasteiger partial charge >= 0.3 is 0 Å². The lowest BCUT2D eigenvalue weighted by Gasteiger charge is -2.15.